The van der Waals surface area contributed by atoms with Crippen molar-refractivity contribution in [2.24, 2.45) is 23.0 Å². The van der Waals surface area contributed by atoms with Crippen LogP contribution in [-0.4, -0.2) is 254 Å². The molecule has 1 heterocycles. The fourth-order valence-corrected chi connectivity index (χ4v) is 12.1. The second-order valence-corrected chi connectivity index (χ2v) is 28.8. The summed E-state index contributed by atoms with van der Waals surface area (Å²) in [5, 5.41) is 38.1. The van der Waals surface area contributed by atoms with Gasteiger partial charge in [0.15, 0.2) is 17.3 Å². The minimum Gasteiger partial charge on any atom is -0.481 e. The normalized spacial score (nSPS) is 14.4. The van der Waals surface area contributed by atoms with Crippen molar-refractivity contribution in [3.05, 3.63) is 18.2 Å². The highest BCUT2D eigenvalue weighted by Gasteiger charge is 2.34. The summed E-state index contributed by atoms with van der Waals surface area (Å²) in [6, 6.07) is -2.52. The first-order valence-electron chi connectivity index (χ1n) is 40.4. The third kappa shape index (κ3) is 55.6. The van der Waals surface area contributed by atoms with Gasteiger partial charge in [0.2, 0.25) is 35.4 Å². The van der Waals surface area contributed by atoms with Crippen LogP contribution in [0.15, 0.2) is 12.5 Å². The van der Waals surface area contributed by atoms with E-state index in [9.17, 15) is 62.6 Å². The second kappa shape index (κ2) is 65.8. The van der Waals surface area contributed by atoms with Crippen molar-refractivity contribution in [2.75, 3.05) is 145 Å². The largest absolute Gasteiger partial charge is 0.481 e. The number of amides is 6. The van der Waals surface area contributed by atoms with Gasteiger partial charge in [-0.15, -0.1) is 0 Å². The number of nitrogens with one attached hydrogen (secondary N) is 8. The molecule has 1 saturated carbocycles. The highest BCUT2D eigenvalue weighted by Crippen LogP contribution is 2.29. The van der Waals surface area contributed by atoms with Crippen molar-refractivity contribution < 1.29 is 106 Å². The van der Waals surface area contributed by atoms with Crippen molar-refractivity contribution >= 4 is 70.5 Å². The van der Waals surface area contributed by atoms with E-state index in [1.54, 1.807) is 27.0 Å². The van der Waals surface area contributed by atoms with E-state index >= 15 is 0 Å². The van der Waals surface area contributed by atoms with Gasteiger partial charge >= 0.3 is 11.9 Å². The van der Waals surface area contributed by atoms with Gasteiger partial charge in [-0.1, -0.05) is 111 Å². The summed E-state index contributed by atoms with van der Waals surface area (Å²) in [7, 11) is 0. The third-order valence-corrected chi connectivity index (χ3v) is 18.8. The summed E-state index contributed by atoms with van der Waals surface area (Å²) in [6.45, 7) is 8.52. The number of ketones is 4. The zero-order valence-electron chi connectivity index (χ0n) is 66.3. The van der Waals surface area contributed by atoms with E-state index in [0.717, 1.165) is 57.1 Å². The molecule has 0 bridgehead atoms. The van der Waals surface area contributed by atoms with Crippen LogP contribution < -0.4 is 43.0 Å². The summed E-state index contributed by atoms with van der Waals surface area (Å²) in [6.07, 6.45) is 28.0. The van der Waals surface area contributed by atoms with Gasteiger partial charge in [0.1, 0.15) is 38.3 Å². The molecule has 3 atom stereocenters. The number of carbonyl (C=O) groups is 12. The molecule has 1 aliphatic carbocycles. The summed E-state index contributed by atoms with van der Waals surface area (Å²) < 4.78 is 43.3. The number of rotatable bonds is 76. The molecule has 0 spiro atoms. The van der Waals surface area contributed by atoms with Crippen LogP contribution in [0.2, 0.25) is 0 Å². The van der Waals surface area contributed by atoms with Crippen molar-refractivity contribution in [1.29, 1.82) is 0 Å². The quantitative estimate of drug-likeness (QED) is 0.0370. The highest BCUT2D eigenvalue weighted by molar-refractivity contribution is 5.94. The molecular weight excluding hydrogens is 1430 g/mol. The Hall–Kier alpha value is -6.75. The minimum absolute atomic E-state index is 0.0294. The molecule has 0 unspecified atom stereocenters. The lowest BCUT2D eigenvalue weighted by atomic mass is 9.81. The maximum atomic E-state index is 13.1. The molecule has 1 aromatic rings. The SMILES string of the molecule is CCC(=O)[C@H](CCCCNC(=O)COCCOCCNC(=O)COCCOCCCC(=O)COCCOCCNC(=O)COCCOCCNC(=O)CC[C@H](NC(=O)C1CCC(CNC(=O)CCCCCCCCCCCCCCCCCCC(=O)O)CC1)C(=O)O)NCC(=O)C(C)(C)CC(=O)[C@@H](N)Cc1cnc[nH]1. The maximum absolute atomic E-state index is 13.1. The summed E-state index contributed by atoms with van der Waals surface area (Å²) in [5.41, 5.74) is 5.84. The molecular formula is C78H136N10O22. The standard InChI is InChI=1S/C78H136N10O22/c1-4-67(90)65(85-54-69(92)78(2,3)51-68(91)64(79)50-62-53-80-59-87-62)25-21-22-34-81-72(95)56-109-48-45-106-41-37-84-73(96)57-108-47-42-103-38-23-24-63(89)55-107-46-43-105-40-36-83-74(97)58-110-49-44-104-39-35-82-71(94)33-32-66(77(101)102)88-76(100)61-30-28-60(29-31-61)52-86-70(93)26-19-17-15-13-11-9-7-5-6-8-10-12-14-16-18-20-27-75(98)99/h53,59-61,64-66,85H,4-52,54-58,79H2,1-3H3,(H,80,87)(H,81,95)(H,82,94)(H,83,97)(H,84,96)(H,86,93)(H,88,100)(H,98,99)(H,101,102)/t60?,61?,64-,65-,66-/m0/s1. The predicted octanol–water partition coefficient (Wildman–Crippen LogP) is 5.27. The van der Waals surface area contributed by atoms with Crippen LogP contribution >= 0.6 is 0 Å². The lowest BCUT2D eigenvalue weighted by Gasteiger charge is -2.28. The number of H-pyrrole nitrogens is 1. The van der Waals surface area contributed by atoms with Gasteiger partial charge in [-0.05, 0) is 76.5 Å². The molecule has 0 radical (unpaired) electrons. The third-order valence-electron chi connectivity index (χ3n) is 18.8. The number of hydrogen-bond acceptors (Lipinski definition) is 23. The number of hydrogen-bond donors (Lipinski definition) is 11. The molecule has 12 N–H and O–H groups in total. The molecule has 1 aliphatic rings. The lowest BCUT2D eigenvalue weighted by Crippen LogP contribution is -2.45. The Bertz CT molecular complexity index is 2700. The Morgan fingerprint density at radius 3 is 1.45 bits per heavy atom. The number of Topliss-reactive ketones (excluding diaryl/α,β-unsaturated/α-hetero) is 4. The summed E-state index contributed by atoms with van der Waals surface area (Å²) >= 11 is 0. The first-order valence-corrected chi connectivity index (χ1v) is 40.4. The van der Waals surface area contributed by atoms with Crippen LogP contribution in [0.5, 0.6) is 0 Å². The lowest BCUT2D eigenvalue weighted by molar-refractivity contribution is -0.143. The van der Waals surface area contributed by atoms with Gasteiger partial charge in [-0.25, -0.2) is 9.78 Å². The van der Waals surface area contributed by atoms with Gasteiger partial charge in [-0.2, -0.15) is 0 Å². The molecule has 32 heteroatoms. The fourth-order valence-electron chi connectivity index (χ4n) is 12.1. The van der Waals surface area contributed by atoms with E-state index in [4.69, 9.17) is 48.7 Å². The Balaban J connectivity index is 1.32. The van der Waals surface area contributed by atoms with E-state index in [2.05, 4.69) is 47.2 Å². The van der Waals surface area contributed by atoms with Crippen molar-refractivity contribution in [3.63, 3.8) is 0 Å². The number of carboxylic acids is 2. The van der Waals surface area contributed by atoms with E-state index < -0.39 is 35.5 Å². The van der Waals surface area contributed by atoms with Crippen LogP contribution in [0, 0.1) is 17.3 Å². The van der Waals surface area contributed by atoms with Gasteiger partial charge in [0.25, 0.3) is 0 Å². The average molecular weight is 1570 g/mol. The Kier molecular flexibility index (Phi) is 59.4. The number of aromatic nitrogens is 2. The smallest absolute Gasteiger partial charge is 0.326 e. The molecule has 6 amide bonds. The summed E-state index contributed by atoms with van der Waals surface area (Å²) in [4.78, 5) is 155. The monoisotopic (exact) mass is 1560 g/mol. The molecule has 2 rings (SSSR count). The molecule has 1 aromatic heterocycles. The number of carboxylic acid groups (broad SMARTS) is 2. The molecule has 32 nitrogen and oxygen atoms in total. The molecule has 0 aromatic carbocycles. The van der Waals surface area contributed by atoms with E-state index in [-0.39, 0.29) is 234 Å². The van der Waals surface area contributed by atoms with Gasteiger partial charge < -0.3 is 96.0 Å². The number of aliphatic carboxylic acids is 2. The van der Waals surface area contributed by atoms with E-state index in [0.29, 0.717) is 71.1 Å². The average Bonchev–Trinajstić information content (AvgIpc) is 1.43. The molecule has 110 heavy (non-hydrogen) atoms. The second-order valence-electron chi connectivity index (χ2n) is 28.8. The van der Waals surface area contributed by atoms with E-state index in [1.807, 2.05) is 0 Å². The van der Waals surface area contributed by atoms with Crippen molar-refractivity contribution in [1.82, 2.24) is 47.2 Å². The summed E-state index contributed by atoms with van der Waals surface area (Å²) in [5.74, 6) is -4.19. The van der Waals surface area contributed by atoms with Crippen LogP contribution in [0.1, 0.15) is 226 Å². The number of ether oxygens (including phenoxy) is 8. The zero-order valence-corrected chi connectivity index (χ0v) is 66.3. The number of imidazole rings is 1. The first kappa shape index (κ1) is 99.3. The zero-order chi connectivity index (χ0) is 80.5. The molecule has 630 valence electrons. The molecule has 0 saturated heterocycles. The minimum atomic E-state index is -1.22. The van der Waals surface area contributed by atoms with E-state index in [1.165, 1.54) is 70.5 Å². The predicted molar refractivity (Wildman–Crippen MR) is 410 cm³/mol. The number of aromatic amines is 1. The fraction of sp³-hybridized carbons (Fsp3) is 0.808. The van der Waals surface area contributed by atoms with Crippen LogP contribution in [0.3, 0.4) is 0 Å². The van der Waals surface area contributed by atoms with Crippen molar-refractivity contribution in [3.8, 4) is 0 Å². The Morgan fingerprint density at radius 1 is 0.491 bits per heavy atom. The maximum Gasteiger partial charge on any atom is 0.326 e. The number of unbranched alkanes of at least 4 members (excludes halogenated alkanes) is 16. The van der Waals surface area contributed by atoms with Crippen LogP contribution in [0.4, 0.5) is 0 Å². The Morgan fingerprint density at radius 2 is 0.955 bits per heavy atom. The number of nitrogens with two attached hydrogens (primary N) is 1. The Labute approximate surface area is 651 Å². The van der Waals surface area contributed by atoms with Crippen molar-refractivity contribution in [2.45, 2.75) is 244 Å². The van der Waals surface area contributed by atoms with Crippen LogP contribution in [0.25, 0.3) is 0 Å². The number of nitrogens with zero attached hydrogens (tertiary/aromatic N) is 1. The van der Waals surface area contributed by atoms with Crippen LogP contribution in [-0.2, 0) is 102 Å². The molecule has 0 aliphatic heterocycles. The van der Waals surface area contributed by atoms with Gasteiger partial charge in [0, 0.05) is 108 Å². The first-order chi connectivity index (χ1) is 53.1. The number of carbonyl (C=O) groups excluding carboxylic acids is 10. The van der Waals surface area contributed by atoms with Gasteiger partial charge in [-0.3, -0.25) is 52.7 Å². The topological polar surface area (TPSA) is 458 Å². The molecule has 1 fully saturated rings. The van der Waals surface area contributed by atoms with Gasteiger partial charge in [0.05, 0.1) is 97.6 Å². The highest BCUT2D eigenvalue weighted by atomic mass is 16.5.